The Morgan fingerprint density at radius 1 is 1.31 bits per heavy atom. The summed E-state index contributed by atoms with van der Waals surface area (Å²) in [5.74, 6) is 2.52. The summed E-state index contributed by atoms with van der Waals surface area (Å²) < 4.78 is 24.3. The molecule has 35 heavy (non-hydrogen) atoms. The summed E-state index contributed by atoms with van der Waals surface area (Å²) >= 11 is 0. The first-order chi connectivity index (χ1) is 16.9. The van der Waals surface area contributed by atoms with Crippen LogP contribution >= 0.6 is 8.30 Å². The van der Waals surface area contributed by atoms with Crippen LogP contribution < -0.4 is 20.9 Å². The third-order valence-electron chi connectivity index (χ3n) is 5.44. The highest BCUT2D eigenvalue weighted by atomic mass is 31.2. The summed E-state index contributed by atoms with van der Waals surface area (Å²) in [4.78, 5) is 38.5. The molecule has 2 aromatic rings. The van der Waals surface area contributed by atoms with E-state index in [1.165, 1.54) is 10.8 Å². The zero-order valence-electron chi connectivity index (χ0n) is 19.1. The predicted octanol–water partition coefficient (Wildman–Crippen LogP) is 2.37. The van der Waals surface area contributed by atoms with Crippen LogP contribution in [0.4, 0.5) is 0 Å². The molecule has 0 spiro atoms. The number of nitrogens with zero attached hydrogens (tertiary/aromatic N) is 1. The van der Waals surface area contributed by atoms with Crippen LogP contribution in [0, 0.1) is 12.3 Å². The van der Waals surface area contributed by atoms with E-state index in [-0.39, 0.29) is 24.0 Å². The molecule has 0 radical (unpaired) electrons. The SMILES string of the molecule is C#Cc1cn([C@H]2C=C[C@@H](OCP(N[C@@H](C)C(=O)OC3CCC3)Oc3ccccc3)O2)c(=O)[nH]c1=O. The molecule has 11 heteroatoms. The minimum atomic E-state index is -1.45. The Bertz CT molecular complexity index is 1220. The maximum Gasteiger partial charge on any atom is 0.330 e. The van der Waals surface area contributed by atoms with Gasteiger partial charge in [-0.2, -0.15) is 0 Å². The molecular weight excluding hydrogens is 473 g/mol. The molecule has 1 fully saturated rings. The van der Waals surface area contributed by atoms with Crippen molar-refractivity contribution in [1.29, 1.82) is 0 Å². The fourth-order valence-electron chi connectivity index (χ4n) is 3.31. The third kappa shape index (κ3) is 6.47. The molecule has 2 N–H and O–H groups in total. The van der Waals surface area contributed by atoms with Gasteiger partial charge < -0.3 is 18.7 Å². The van der Waals surface area contributed by atoms with Gasteiger partial charge in [0.25, 0.3) is 5.56 Å². The Balaban J connectivity index is 1.37. The summed E-state index contributed by atoms with van der Waals surface area (Å²) in [6.07, 6.45) is 11.2. The Hall–Kier alpha value is -3.22. The molecule has 0 amide bonds. The van der Waals surface area contributed by atoms with Gasteiger partial charge in [0.1, 0.15) is 29.8 Å². The van der Waals surface area contributed by atoms with Crippen LogP contribution in [0.15, 0.2) is 58.3 Å². The van der Waals surface area contributed by atoms with E-state index in [1.54, 1.807) is 19.1 Å². The number of para-hydroxylation sites is 1. The van der Waals surface area contributed by atoms with Gasteiger partial charge >= 0.3 is 11.7 Å². The average Bonchev–Trinajstić information content (AvgIpc) is 3.29. The van der Waals surface area contributed by atoms with Crippen LogP contribution in [0.25, 0.3) is 0 Å². The lowest BCUT2D eigenvalue weighted by atomic mass is 9.96. The number of terminal acetylenes is 1. The first-order valence-electron chi connectivity index (χ1n) is 11.2. The molecule has 1 aliphatic heterocycles. The van der Waals surface area contributed by atoms with Crippen molar-refractivity contribution in [3.8, 4) is 18.1 Å². The van der Waals surface area contributed by atoms with Crippen LogP contribution in [0.2, 0.25) is 0 Å². The highest BCUT2D eigenvalue weighted by Crippen LogP contribution is 2.36. The van der Waals surface area contributed by atoms with Gasteiger partial charge in [-0.1, -0.05) is 24.1 Å². The van der Waals surface area contributed by atoms with Crippen LogP contribution in [-0.2, 0) is 19.0 Å². The predicted molar refractivity (Wildman–Crippen MR) is 129 cm³/mol. The van der Waals surface area contributed by atoms with Crippen molar-refractivity contribution >= 4 is 14.3 Å². The number of hydrogen-bond acceptors (Lipinski definition) is 8. The lowest BCUT2D eigenvalue weighted by molar-refractivity contribution is -0.154. The number of esters is 1. The molecule has 1 aliphatic carbocycles. The van der Waals surface area contributed by atoms with Crippen LogP contribution in [-0.4, -0.2) is 40.3 Å². The number of ether oxygens (including phenoxy) is 3. The molecule has 0 bridgehead atoms. The van der Waals surface area contributed by atoms with E-state index in [4.69, 9.17) is 25.2 Å². The molecule has 2 heterocycles. The molecular formula is C24H26N3O7P. The molecule has 10 nitrogen and oxygen atoms in total. The number of nitrogens with one attached hydrogen (secondary N) is 2. The Morgan fingerprint density at radius 2 is 2.09 bits per heavy atom. The van der Waals surface area contributed by atoms with Crippen molar-refractivity contribution in [2.75, 3.05) is 6.35 Å². The maximum absolute atomic E-state index is 12.4. The summed E-state index contributed by atoms with van der Waals surface area (Å²) in [7, 11) is -1.45. The molecule has 1 saturated carbocycles. The standard InChI is InChI=1S/C24H26N3O7P/c1-3-17-14-27(24(30)25-22(17)28)20-12-13-21(33-20)31-15-35(34-19-8-5-4-6-9-19)26-16(2)23(29)32-18-10-7-11-18/h1,4-6,8-9,12-14,16,18,20-21,26H,7,10-11,15H2,2H3,(H,25,28,30)/t16-,20+,21-,35?/m0/s1. The van der Waals surface area contributed by atoms with E-state index in [1.807, 2.05) is 30.3 Å². The second-order valence-corrected chi connectivity index (χ2v) is 9.51. The number of benzene rings is 1. The van der Waals surface area contributed by atoms with Gasteiger partial charge in [0.2, 0.25) is 0 Å². The van der Waals surface area contributed by atoms with Crippen LogP contribution in [0.5, 0.6) is 5.75 Å². The number of aromatic nitrogens is 2. The highest BCUT2D eigenvalue weighted by Gasteiger charge is 2.29. The summed E-state index contributed by atoms with van der Waals surface area (Å²) in [5, 5.41) is 3.16. The quantitative estimate of drug-likeness (QED) is 0.221. The Labute approximate surface area is 203 Å². The number of aromatic amines is 1. The van der Waals surface area contributed by atoms with E-state index < -0.39 is 38.1 Å². The molecule has 1 aromatic heterocycles. The van der Waals surface area contributed by atoms with Crippen LogP contribution in [0.1, 0.15) is 38.0 Å². The summed E-state index contributed by atoms with van der Waals surface area (Å²) in [6.45, 7) is 1.72. The molecule has 2 aliphatic rings. The Kier molecular flexibility index (Phi) is 8.16. The fourth-order valence-corrected chi connectivity index (χ4v) is 4.68. The van der Waals surface area contributed by atoms with Crippen molar-refractivity contribution in [3.05, 3.63) is 75.1 Å². The lowest BCUT2D eigenvalue weighted by Crippen LogP contribution is -2.37. The van der Waals surface area contributed by atoms with Gasteiger partial charge in [0, 0.05) is 6.20 Å². The van der Waals surface area contributed by atoms with Crippen LogP contribution in [0.3, 0.4) is 0 Å². The zero-order valence-corrected chi connectivity index (χ0v) is 20.0. The van der Waals surface area contributed by atoms with Gasteiger partial charge in [-0.25, -0.2) is 9.88 Å². The maximum atomic E-state index is 12.4. The summed E-state index contributed by atoms with van der Waals surface area (Å²) in [6, 6.07) is 8.59. The molecule has 184 valence electrons. The molecule has 4 rings (SSSR count). The molecule has 1 aromatic carbocycles. The highest BCUT2D eigenvalue weighted by molar-refractivity contribution is 7.50. The second kappa shape index (κ2) is 11.5. The first-order valence-corrected chi connectivity index (χ1v) is 12.6. The molecule has 4 atom stereocenters. The smallest absolute Gasteiger partial charge is 0.330 e. The normalized spacial score (nSPS) is 21.0. The number of rotatable bonds is 10. The van der Waals surface area contributed by atoms with E-state index in [9.17, 15) is 14.4 Å². The van der Waals surface area contributed by atoms with Crippen molar-refractivity contribution in [3.63, 3.8) is 0 Å². The van der Waals surface area contributed by atoms with Gasteiger partial charge in [-0.05, 0) is 50.5 Å². The molecule has 0 saturated heterocycles. The second-order valence-electron chi connectivity index (χ2n) is 8.05. The average molecular weight is 499 g/mol. The van der Waals surface area contributed by atoms with Gasteiger partial charge in [0.05, 0.1) is 0 Å². The van der Waals surface area contributed by atoms with Gasteiger partial charge in [-0.15, -0.1) is 6.42 Å². The first kappa shape index (κ1) is 24.9. The van der Waals surface area contributed by atoms with Gasteiger partial charge in [-0.3, -0.25) is 19.1 Å². The van der Waals surface area contributed by atoms with Crippen molar-refractivity contribution in [1.82, 2.24) is 14.6 Å². The van der Waals surface area contributed by atoms with Gasteiger partial charge in [0.15, 0.2) is 20.8 Å². The van der Waals surface area contributed by atoms with E-state index >= 15 is 0 Å². The lowest BCUT2D eigenvalue weighted by Gasteiger charge is -2.28. The number of carbonyl (C=O) groups excluding carboxylic acids is 1. The fraction of sp³-hybridized carbons (Fsp3) is 0.375. The van der Waals surface area contributed by atoms with Crippen molar-refractivity contribution in [2.45, 2.75) is 50.8 Å². The number of carbonyl (C=O) groups is 1. The summed E-state index contributed by atoms with van der Waals surface area (Å²) in [5.41, 5.74) is -1.28. The third-order valence-corrected chi connectivity index (χ3v) is 6.94. The monoisotopic (exact) mass is 499 g/mol. The van der Waals surface area contributed by atoms with Crippen molar-refractivity contribution in [2.24, 2.45) is 0 Å². The van der Waals surface area contributed by atoms with E-state index in [0.29, 0.717) is 5.75 Å². The van der Waals surface area contributed by atoms with E-state index in [0.717, 1.165) is 19.3 Å². The zero-order chi connectivity index (χ0) is 24.8. The number of H-pyrrole nitrogens is 1. The Morgan fingerprint density at radius 3 is 2.77 bits per heavy atom. The topological polar surface area (TPSA) is 121 Å². The number of hydrogen-bond donors (Lipinski definition) is 2. The molecule has 1 unspecified atom stereocenters. The van der Waals surface area contributed by atoms with E-state index in [2.05, 4.69) is 16.0 Å². The minimum absolute atomic E-state index is 0.00968. The van der Waals surface area contributed by atoms with Crippen molar-refractivity contribution < 1.29 is 23.5 Å². The minimum Gasteiger partial charge on any atom is -0.461 e. The largest absolute Gasteiger partial charge is 0.461 e.